The number of ether oxygens (including phenoxy) is 1. The highest BCUT2D eigenvalue weighted by Crippen LogP contribution is 2.41. The van der Waals surface area contributed by atoms with E-state index in [0.29, 0.717) is 18.5 Å². The SMILES string of the molecule is Cn1cc(-c2ccc3c(c2)CCCN3c2nn(C3CCOCC3)c3c2CN(C(=O)C2CC2)CC3)cn1. The maximum Gasteiger partial charge on any atom is 0.225 e. The number of hydrogen-bond acceptors (Lipinski definition) is 5. The fourth-order valence-electron chi connectivity index (χ4n) is 6.22. The highest BCUT2D eigenvalue weighted by atomic mass is 16.5. The normalized spacial score (nSPS) is 20.4. The summed E-state index contributed by atoms with van der Waals surface area (Å²) in [5.41, 5.74) is 7.55. The number of nitrogens with zero attached hydrogens (tertiary/aromatic N) is 6. The first kappa shape index (κ1) is 22.1. The van der Waals surface area contributed by atoms with Gasteiger partial charge in [0.05, 0.1) is 18.8 Å². The van der Waals surface area contributed by atoms with Gasteiger partial charge in [0.1, 0.15) is 0 Å². The van der Waals surface area contributed by atoms with E-state index in [1.807, 2.05) is 17.9 Å². The summed E-state index contributed by atoms with van der Waals surface area (Å²) in [5.74, 6) is 1.65. The third-order valence-corrected chi connectivity index (χ3v) is 8.33. The van der Waals surface area contributed by atoms with Crippen molar-refractivity contribution in [2.75, 3.05) is 31.2 Å². The fraction of sp³-hybridized carbons (Fsp3) is 0.536. The summed E-state index contributed by atoms with van der Waals surface area (Å²) in [6.07, 6.45) is 11.2. The molecule has 7 rings (SSSR count). The Labute approximate surface area is 211 Å². The molecule has 8 heteroatoms. The van der Waals surface area contributed by atoms with Crippen molar-refractivity contribution in [3.63, 3.8) is 0 Å². The van der Waals surface area contributed by atoms with Gasteiger partial charge >= 0.3 is 0 Å². The summed E-state index contributed by atoms with van der Waals surface area (Å²) in [7, 11) is 1.96. The molecule has 0 radical (unpaired) electrons. The molecule has 8 nitrogen and oxygen atoms in total. The first-order valence-corrected chi connectivity index (χ1v) is 13.5. The van der Waals surface area contributed by atoms with Crippen LogP contribution in [0.15, 0.2) is 30.6 Å². The van der Waals surface area contributed by atoms with E-state index in [-0.39, 0.29) is 5.92 Å². The lowest BCUT2D eigenvalue weighted by molar-refractivity contribution is -0.133. The van der Waals surface area contributed by atoms with Gasteiger partial charge in [0, 0.05) is 74.4 Å². The fourth-order valence-corrected chi connectivity index (χ4v) is 6.22. The van der Waals surface area contributed by atoms with Gasteiger partial charge in [0.25, 0.3) is 0 Å². The van der Waals surface area contributed by atoms with E-state index in [2.05, 4.69) is 44.0 Å². The zero-order chi connectivity index (χ0) is 24.2. The molecule has 188 valence electrons. The van der Waals surface area contributed by atoms with Gasteiger partial charge in [-0.15, -0.1) is 0 Å². The maximum atomic E-state index is 13.0. The van der Waals surface area contributed by atoms with Crippen LogP contribution in [0.2, 0.25) is 0 Å². The van der Waals surface area contributed by atoms with Crippen molar-refractivity contribution in [1.82, 2.24) is 24.5 Å². The minimum absolute atomic E-state index is 0.252. The van der Waals surface area contributed by atoms with E-state index in [4.69, 9.17) is 9.84 Å². The van der Waals surface area contributed by atoms with Gasteiger partial charge in [-0.1, -0.05) is 6.07 Å². The highest BCUT2D eigenvalue weighted by molar-refractivity contribution is 5.82. The second kappa shape index (κ2) is 8.76. The minimum atomic E-state index is 0.252. The van der Waals surface area contributed by atoms with Crippen LogP contribution in [-0.4, -0.2) is 56.7 Å². The van der Waals surface area contributed by atoms with E-state index in [1.165, 1.54) is 28.1 Å². The Bertz CT molecular complexity index is 1300. The number of carbonyl (C=O) groups is 1. The largest absolute Gasteiger partial charge is 0.381 e. The molecule has 2 fully saturated rings. The molecular weight excluding hydrogens is 452 g/mol. The van der Waals surface area contributed by atoms with Gasteiger partial charge in [-0.3, -0.25) is 14.2 Å². The molecule has 1 saturated heterocycles. The quantitative estimate of drug-likeness (QED) is 0.557. The topological polar surface area (TPSA) is 68.4 Å². The molecule has 0 atom stereocenters. The molecule has 3 aromatic rings. The Morgan fingerprint density at radius 2 is 1.92 bits per heavy atom. The Hall–Kier alpha value is -3.13. The van der Waals surface area contributed by atoms with Crippen LogP contribution in [0.25, 0.3) is 11.1 Å². The zero-order valence-electron chi connectivity index (χ0n) is 21.0. The molecule has 1 aromatic carbocycles. The number of amides is 1. The van der Waals surface area contributed by atoms with Crippen LogP contribution >= 0.6 is 0 Å². The number of carbonyl (C=O) groups excluding carboxylic acids is 1. The number of hydrogen-bond donors (Lipinski definition) is 0. The number of aromatic nitrogens is 4. The van der Waals surface area contributed by atoms with Crippen LogP contribution in [0.3, 0.4) is 0 Å². The Kier molecular flexibility index (Phi) is 5.38. The van der Waals surface area contributed by atoms with Crippen molar-refractivity contribution in [3.05, 3.63) is 47.4 Å². The molecule has 5 heterocycles. The lowest BCUT2D eigenvalue weighted by Crippen LogP contribution is -2.38. The van der Waals surface area contributed by atoms with Crippen molar-refractivity contribution < 1.29 is 9.53 Å². The van der Waals surface area contributed by atoms with Gasteiger partial charge in [-0.2, -0.15) is 10.2 Å². The second-order valence-corrected chi connectivity index (χ2v) is 10.8. The van der Waals surface area contributed by atoms with Gasteiger partial charge in [-0.25, -0.2) is 0 Å². The van der Waals surface area contributed by atoms with Crippen molar-refractivity contribution >= 4 is 17.4 Å². The Morgan fingerprint density at radius 3 is 2.69 bits per heavy atom. The van der Waals surface area contributed by atoms with Gasteiger partial charge in [0.15, 0.2) is 5.82 Å². The second-order valence-electron chi connectivity index (χ2n) is 10.8. The summed E-state index contributed by atoms with van der Waals surface area (Å²) in [5, 5.41) is 9.67. The smallest absolute Gasteiger partial charge is 0.225 e. The van der Waals surface area contributed by atoms with E-state index < -0.39 is 0 Å². The minimum Gasteiger partial charge on any atom is -0.381 e. The van der Waals surface area contributed by atoms with Gasteiger partial charge in [-0.05, 0) is 61.8 Å². The van der Waals surface area contributed by atoms with Crippen LogP contribution in [0.5, 0.6) is 0 Å². The summed E-state index contributed by atoms with van der Waals surface area (Å²) < 4.78 is 9.82. The summed E-state index contributed by atoms with van der Waals surface area (Å²) in [4.78, 5) is 17.5. The maximum absolute atomic E-state index is 13.0. The Balaban J connectivity index is 1.28. The highest BCUT2D eigenvalue weighted by Gasteiger charge is 2.38. The lowest BCUT2D eigenvalue weighted by Gasteiger charge is -2.33. The van der Waals surface area contributed by atoms with E-state index in [1.54, 1.807) is 0 Å². The number of aryl methyl sites for hydroxylation is 2. The van der Waals surface area contributed by atoms with Crippen molar-refractivity contribution in [2.24, 2.45) is 13.0 Å². The molecule has 0 spiro atoms. The summed E-state index contributed by atoms with van der Waals surface area (Å²) in [6, 6.07) is 7.17. The third-order valence-electron chi connectivity index (χ3n) is 8.33. The number of benzene rings is 1. The van der Waals surface area contributed by atoms with Crippen molar-refractivity contribution in [3.8, 4) is 11.1 Å². The standard InChI is InChI=1S/C28H34N6O2/c1-31-17-22(16-29-31)20-6-7-25-21(15-20)3-2-11-33(25)27-24-18-32(28(35)19-4-5-19)12-8-26(24)34(30-27)23-9-13-36-14-10-23/h6-7,15-17,19,23H,2-5,8-14,18H2,1H3. The number of rotatable bonds is 4. The van der Waals surface area contributed by atoms with E-state index >= 15 is 0 Å². The molecule has 2 aromatic heterocycles. The molecular formula is C28H34N6O2. The molecule has 0 N–H and O–H groups in total. The molecule has 4 aliphatic rings. The van der Waals surface area contributed by atoms with Crippen molar-refractivity contribution in [1.29, 1.82) is 0 Å². The molecule has 1 saturated carbocycles. The average Bonchev–Trinajstić information content (AvgIpc) is 3.57. The molecule has 36 heavy (non-hydrogen) atoms. The van der Waals surface area contributed by atoms with Crippen LogP contribution < -0.4 is 4.90 Å². The molecule has 1 amide bonds. The van der Waals surface area contributed by atoms with E-state index in [0.717, 1.165) is 82.6 Å². The van der Waals surface area contributed by atoms with Crippen LogP contribution in [-0.2, 0) is 36.0 Å². The van der Waals surface area contributed by atoms with Crippen LogP contribution in [0.1, 0.15) is 55.0 Å². The predicted molar refractivity (Wildman–Crippen MR) is 137 cm³/mol. The van der Waals surface area contributed by atoms with Crippen LogP contribution in [0, 0.1) is 5.92 Å². The molecule has 3 aliphatic heterocycles. The molecule has 0 unspecified atom stereocenters. The summed E-state index contributed by atoms with van der Waals surface area (Å²) >= 11 is 0. The molecule has 0 bridgehead atoms. The molecule has 1 aliphatic carbocycles. The average molecular weight is 487 g/mol. The first-order chi connectivity index (χ1) is 17.7. The third kappa shape index (κ3) is 3.82. The number of fused-ring (bicyclic) bond motifs is 2. The predicted octanol–water partition coefficient (Wildman–Crippen LogP) is 4.01. The lowest BCUT2D eigenvalue weighted by atomic mass is 9.96. The van der Waals surface area contributed by atoms with E-state index in [9.17, 15) is 4.79 Å². The van der Waals surface area contributed by atoms with Gasteiger partial charge in [0.2, 0.25) is 5.91 Å². The summed E-state index contributed by atoms with van der Waals surface area (Å²) in [6.45, 7) is 4.03. The first-order valence-electron chi connectivity index (χ1n) is 13.5. The van der Waals surface area contributed by atoms with Gasteiger partial charge < -0.3 is 14.5 Å². The van der Waals surface area contributed by atoms with Crippen molar-refractivity contribution in [2.45, 2.75) is 57.5 Å². The number of anilines is 2. The zero-order valence-corrected chi connectivity index (χ0v) is 21.0. The van der Waals surface area contributed by atoms with Crippen LogP contribution in [0.4, 0.5) is 11.5 Å². The monoisotopic (exact) mass is 486 g/mol. The Morgan fingerprint density at radius 1 is 1.06 bits per heavy atom.